The molecule has 3 N–H and O–H groups in total. The van der Waals surface area contributed by atoms with Crippen molar-refractivity contribution in [3.05, 3.63) is 58.1 Å². The summed E-state index contributed by atoms with van der Waals surface area (Å²) in [5.74, 6) is 0.110. The zero-order valence-electron chi connectivity index (χ0n) is 19.6. The Kier molecular flexibility index (Phi) is 9.19. The van der Waals surface area contributed by atoms with E-state index in [1.165, 1.54) is 20.2 Å². The topological polar surface area (TPSA) is 121 Å². The lowest BCUT2D eigenvalue weighted by Gasteiger charge is -2.17. The van der Waals surface area contributed by atoms with Gasteiger partial charge in [-0.15, -0.1) is 17.0 Å². The number of benzene rings is 2. The first kappa shape index (κ1) is 26.8. The van der Waals surface area contributed by atoms with Crippen molar-refractivity contribution in [1.82, 2.24) is 15.5 Å². The van der Waals surface area contributed by atoms with E-state index in [1.807, 2.05) is 13.8 Å². The minimum Gasteiger partial charge on any atom is -0.493 e. The number of ether oxygens (including phenoxy) is 2. The molecule has 1 heterocycles. The van der Waals surface area contributed by atoms with Gasteiger partial charge in [0.15, 0.2) is 5.78 Å². The Morgan fingerprint density at radius 1 is 0.941 bits per heavy atom. The molecule has 0 saturated carbocycles. The van der Waals surface area contributed by atoms with Crippen molar-refractivity contribution in [3.8, 4) is 11.5 Å². The lowest BCUT2D eigenvalue weighted by atomic mass is 10.0. The first-order valence-electron chi connectivity index (χ1n) is 10.7. The largest absolute Gasteiger partial charge is 0.493 e. The number of halogens is 1. The summed E-state index contributed by atoms with van der Waals surface area (Å²) in [5, 5.41) is 13.7. The van der Waals surface area contributed by atoms with Crippen molar-refractivity contribution in [2.24, 2.45) is 0 Å². The molecule has 0 saturated heterocycles. The highest BCUT2D eigenvalue weighted by molar-refractivity contribution is 8.93. The van der Waals surface area contributed by atoms with Crippen molar-refractivity contribution in [2.45, 2.75) is 20.4 Å². The van der Waals surface area contributed by atoms with Crippen LogP contribution >= 0.6 is 17.0 Å². The number of hydrogen-bond acceptors (Lipinski definition) is 6. The molecule has 2 aromatic rings. The van der Waals surface area contributed by atoms with E-state index in [0.29, 0.717) is 47.9 Å². The molecule has 10 heteroatoms. The molecule has 0 bridgehead atoms. The monoisotopic (exact) mass is 532 g/mol. The molecule has 182 valence electrons. The Balaban J connectivity index is 0.00000408. The number of ketones is 1. The fraction of sp³-hybridized carbons (Fsp3) is 0.333. The summed E-state index contributed by atoms with van der Waals surface area (Å²) in [4.78, 5) is 39.2. The van der Waals surface area contributed by atoms with Gasteiger partial charge in [0, 0.05) is 31.8 Å². The Hall–Kier alpha value is -3.40. The fourth-order valence-corrected chi connectivity index (χ4v) is 3.71. The third-order valence-electron chi connectivity index (χ3n) is 5.32. The second-order valence-electron chi connectivity index (χ2n) is 7.37. The van der Waals surface area contributed by atoms with Gasteiger partial charge in [-0.2, -0.15) is 0 Å². The molecule has 0 atom stereocenters. The standard InChI is InChI=1S/C24H28N4O5.BrH/c1-5-32-20-8-7-14(9-17(20)23(30)26-3)19(29)13-28-12-15-10-21(33-6-2)18(24(31)27-4)11-16(15)22(28)25;/h7-11,25H,5-6,12-13H2,1-4H3,(H,26,30)(H,27,31);1H. The zero-order valence-corrected chi connectivity index (χ0v) is 21.3. The highest BCUT2D eigenvalue weighted by Crippen LogP contribution is 2.31. The molecular formula is C24H29BrN4O5. The molecular weight excluding hydrogens is 504 g/mol. The van der Waals surface area contributed by atoms with Crippen LogP contribution in [0.3, 0.4) is 0 Å². The molecule has 0 spiro atoms. The summed E-state index contributed by atoms with van der Waals surface area (Å²) in [6.45, 7) is 4.73. The Labute approximate surface area is 209 Å². The number of Topliss-reactive ketones (excluding diaryl/α,β-unsaturated/α-hetero) is 1. The second kappa shape index (κ2) is 11.6. The average molecular weight is 533 g/mol. The second-order valence-corrected chi connectivity index (χ2v) is 7.37. The first-order valence-corrected chi connectivity index (χ1v) is 10.7. The first-order chi connectivity index (χ1) is 15.8. The third kappa shape index (κ3) is 5.39. The van der Waals surface area contributed by atoms with E-state index < -0.39 is 0 Å². The maximum atomic E-state index is 13.0. The van der Waals surface area contributed by atoms with Gasteiger partial charge in [0.2, 0.25) is 0 Å². The normalized spacial score (nSPS) is 11.9. The summed E-state index contributed by atoms with van der Waals surface area (Å²) in [5.41, 5.74) is 2.37. The zero-order chi connectivity index (χ0) is 24.1. The van der Waals surface area contributed by atoms with E-state index in [4.69, 9.17) is 14.9 Å². The van der Waals surface area contributed by atoms with Gasteiger partial charge in [-0.05, 0) is 49.7 Å². The minimum atomic E-state index is -0.348. The van der Waals surface area contributed by atoms with Crippen molar-refractivity contribution in [3.63, 3.8) is 0 Å². The molecule has 1 aliphatic heterocycles. The lowest BCUT2D eigenvalue weighted by Crippen LogP contribution is -2.30. The van der Waals surface area contributed by atoms with Crippen molar-refractivity contribution < 1.29 is 23.9 Å². The van der Waals surface area contributed by atoms with Gasteiger partial charge in [0.1, 0.15) is 17.3 Å². The number of fused-ring (bicyclic) bond motifs is 1. The number of nitrogens with zero attached hydrogens (tertiary/aromatic N) is 1. The maximum Gasteiger partial charge on any atom is 0.254 e. The number of amides is 2. The molecule has 2 aromatic carbocycles. The third-order valence-corrected chi connectivity index (χ3v) is 5.32. The van der Waals surface area contributed by atoms with Crippen LogP contribution in [0.1, 0.15) is 56.0 Å². The van der Waals surface area contributed by atoms with Crippen LogP contribution in [0.25, 0.3) is 0 Å². The lowest BCUT2D eigenvalue weighted by molar-refractivity contribution is 0.0948. The smallest absolute Gasteiger partial charge is 0.254 e. The Morgan fingerprint density at radius 3 is 2.12 bits per heavy atom. The SMILES string of the molecule is Br.CCOc1ccc(C(=O)CN2Cc3cc(OCC)c(C(=O)NC)cc3C2=N)cc1C(=O)NC. The Bertz CT molecular complexity index is 1120. The number of carbonyl (C=O) groups excluding carboxylic acids is 3. The number of hydrogen-bond donors (Lipinski definition) is 3. The van der Waals surface area contributed by atoms with Gasteiger partial charge in [0.25, 0.3) is 11.8 Å². The van der Waals surface area contributed by atoms with Gasteiger partial charge in [-0.25, -0.2) is 0 Å². The Morgan fingerprint density at radius 2 is 1.53 bits per heavy atom. The molecule has 34 heavy (non-hydrogen) atoms. The van der Waals surface area contributed by atoms with Crippen molar-refractivity contribution >= 4 is 40.4 Å². The maximum absolute atomic E-state index is 13.0. The highest BCUT2D eigenvalue weighted by Gasteiger charge is 2.29. The molecule has 0 radical (unpaired) electrons. The van der Waals surface area contributed by atoms with E-state index in [9.17, 15) is 14.4 Å². The van der Waals surface area contributed by atoms with Crippen LogP contribution in [0.4, 0.5) is 0 Å². The van der Waals surface area contributed by atoms with Crippen LogP contribution in [0.15, 0.2) is 30.3 Å². The average Bonchev–Trinajstić information content (AvgIpc) is 3.12. The predicted octanol–water partition coefficient (Wildman–Crippen LogP) is 2.80. The van der Waals surface area contributed by atoms with Crippen LogP contribution in [0, 0.1) is 5.41 Å². The van der Waals surface area contributed by atoms with E-state index in [0.717, 1.165) is 5.56 Å². The van der Waals surface area contributed by atoms with Crippen LogP contribution in [0.2, 0.25) is 0 Å². The van der Waals surface area contributed by atoms with Crippen molar-refractivity contribution in [1.29, 1.82) is 5.41 Å². The quantitative estimate of drug-likeness (QED) is 0.427. The van der Waals surface area contributed by atoms with Gasteiger partial charge in [-0.3, -0.25) is 19.8 Å². The predicted molar refractivity (Wildman–Crippen MR) is 134 cm³/mol. The number of nitrogens with one attached hydrogen (secondary N) is 3. The molecule has 2 amide bonds. The number of rotatable bonds is 9. The van der Waals surface area contributed by atoms with Crippen LogP contribution in [0.5, 0.6) is 11.5 Å². The van der Waals surface area contributed by atoms with Gasteiger partial charge >= 0.3 is 0 Å². The molecule has 9 nitrogen and oxygen atoms in total. The van der Waals surface area contributed by atoms with Crippen LogP contribution in [-0.2, 0) is 6.54 Å². The van der Waals surface area contributed by atoms with Crippen molar-refractivity contribution in [2.75, 3.05) is 33.9 Å². The summed E-state index contributed by atoms with van der Waals surface area (Å²) < 4.78 is 11.1. The summed E-state index contributed by atoms with van der Waals surface area (Å²) in [6, 6.07) is 8.12. The van der Waals surface area contributed by atoms with E-state index in [1.54, 1.807) is 29.2 Å². The highest BCUT2D eigenvalue weighted by atomic mass is 79.9. The van der Waals surface area contributed by atoms with E-state index >= 15 is 0 Å². The number of carbonyl (C=O) groups is 3. The van der Waals surface area contributed by atoms with Gasteiger partial charge < -0.3 is 25.0 Å². The molecule has 0 aliphatic carbocycles. The summed E-state index contributed by atoms with van der Waals surface area (Å²) in [7, 11) is 3.05. The van der Waals surface area contributed by atoms with E-state index in [2.05, 4.69) is 10.6 Å². The summed E-state index contributed by atoms with van der Waals surface area (Å²) in [6.07, 6.45) is 0. The van der Waals surface area contributed by atoms with E-state index in [-0.39, 0.29) is 52.5 Å². The van der Waals surface area contributed by atoms with Crippen LogP contribution < -0.4 is 20.1 Å². The molecule has 3 rings (SSSR count). The van der Waals surface area contributed by atoms with Gasteiger partial charge in [-0.1, -0.05) is 0 Å². The minimum absolute atomic E-state index is 0. The molecule has 0 aromatic heterocycles. The number of amidine groups is 1. The fourth-order valence-electron chi connectivity index (χ4n) is 3.71. The molecule has 0 fully saturated rings. The summed E-state index contributed by atoms with van der Waals surface area (Å²) >= 11 is 0. The van der Waals surface area contributed by atoms with Crippen LogP contribution in [-0.4, -0.2) is 62.2 Å². The molecule has 0 unspecified atom stereocenters. The van der Waals surface area contributed by atoms with Gasteiger partial charge in [0.05, 0.1) is 30.9 Å². The molecule has 1 aliphatic rings.